The number of carbonyl (C=O) groups is 1. The van der Waals surface area contributed by atoms with Gasteiger partial charge < -0.3 is 10.1 Å². The highest BCUT2D eigenvalue weighted by Crippen LogP contribution is 2.30. The van der Waals surface area contributed by atoms with Crippen molar-refractivity contribution < 1.29 is 9.53 Å². The van der Waals surface area contributed by atoms with Crippen molar-refractivity contribution >= 4 is 5.91 Å². The lowest BCUT2D eigenvalue weighted by Gasteiger charge is -2.20. The van der Waals surface area contributed by atoms with Crippen LogP contribution in [0.25, 0.3) is 5.69 Å². The van der Waals surface area contributed by atoms with E-state index in [4.69, 9.17) is 4.74 Å². The number of aryl methyl sites for hydroxylation is 1. The van der Waals surface area contributed by atoms with Crippen LogP contribution in [0.5, 0.6) is 5.75 Å². The first kappa shape index (κ1) is 14.5. The van der Waals surface area contributed by atoms with Crippen LogP contribution in [0.3, 0.4) is 0 Å². The van der Waals surface area contributed by atoms with Crippen molar-refractivity contribution in [3.8, 4) is 11.4 Å². The average molecular weight is 319 g/mol. The van der Waals surface area contributed by atoms with E-state index in [2.05, 4.69) is 10.3 Å². The summed E-state index contributed by atoms with van der Waals surface area (Å²) in [6, 6.07) is 15.8. The van der Waals surface area contributed by atoms with Gasteiger partial charge in [-0.15, -0.1) is 0 Å². The molecule has 0 spiro atoms. The van der Waals surface area contributed by atoms with Gasteiger partial charge in [0.15, 0.2) is 5.69 Å². The van der Waals surface area contributed by atoms with Crippen LogP contribution in [0, 0.1) is 6.92 Å². The van der Waals surface area contributed by atoms with Crippen molar-refractivity contribution in [3.63, 3.8) is 0 Å². The quantitative estimate of drug-likeness (QED) is 0.807. The number of amides is 1. The van der Waals surface area contributed by atoms with Gasteiger partial charge in [0.05, 0.1) is 11.4 Å². The maximum absolute atomic E-state index is 12.5. The van der Waals surface area contributed by atoms with Gasteiger partial charge in [0.25, 0.3) is 5.91 Å². The molecular formula is C19H17N3O2. The first-order chi connectivity index (χ1) is 11.7. The van der Waals surface area contributed by atoms with E-state index >= 15 is 0 Å². The molecule has 3 aromatic rings. The lowest BCUT2D eigenvalue weighted by atomic mass is 10.1. The number of nitrogens with zero attached hydrogens (tertiary/aromatic N) is 2. The molecule has 120 valence electrons. The molecule has 5 nitrogen and oxygen atoms in total. The molecule has 2 aromatic carbocycles. The molecule has 0 atom stereocenters. The van der Waals surface area contributed by atoms with E-state index in [-0.39, 0.29) is 5.91 Å². The molecule has 0 saturated heterocycles. The zero-order chi connectivity index (χ0) is 16.5. The summed E-state index contributed by atoms with van der Waals surface area (Å²) >= 11 is 0. The molecule has 0 saturated carbocycles. The molecule has 1 aliphatic rings. The molecule has 1 N–H and O–H groups in total. The largest absolute Gasteiger partial charge is 0.485 e. The molecule has 1 aromatic heterocycles. The number of rotatable bonds is 3. The molecule has 1 amide bonds. The standard InChI is InChI=1S/C19H17N3O2/c1-13-6-8-14(9-7-13)10-20-19(23)18-16-11-24-17-5-3-2-4-15(17)22(16)12-21-18/h2-9,12H,10-11H2,1H3,(H,20,23). The van der Waals surface area contributed by atoms with E-state index in [1.54, 1.807) is 6.33 Å². The molecule has 2 heterocycles. The number of benzene rings is 2. The highest BCUT2D eigenvalue weighted by molar-refractivity contribution is 5.93. The summed E-state index contributed by atoms with van der Waals surface area (Å²) in [4.78, 5) is 16.8. The fourth-order valence-corrected chi connectivity index (χ4v) is 2.81. The Morgan fingerprint density at radius 3 is 2.83 bits per heavy atom. The summed E-state index contributed by atoms with van der Waals surface area (Å²) in [7, 11) is 0. The Kier molecular flexibility index (Phi) is 3.54. The number of hydrogen-bond donors (Lipinski definition) is 1. The minimum absolute atomic E-state index is 0.188. The SMILES string of the molecule is Cc1ccc(CNC(=O)c2ncn3c2COc2ccccc2-3)cc1. The van der Waals surface area contributed by atoms with Crippen LogP contribution in [0.2, 0.25) is 0 Å². The van der Waals surface area contributed by atoms with Gasteiger partial charge in [-0.2, -0.15) is 0 Å². The molecule has 1 aliphatic heterocycles. The smallest absolute Gasteiger partial charge is 0.272 e. The molecule has 4 rings (SSSR count). The normalized spacial score (nSPS) is 12.0. The first-order valence-corrected chi connectivity index (χ1v) is 7.84. The number of para-hydroxylation sites is 2. The fraction of sp³-hybridized carbons (Fsp3) is 0.158. The summed E-state index contributed by atoms with van der Waals surface area (Å²) in [5, 5.41) is 2.92. The number of carbonyl (C=O) groups excluding carboxylic acids is 1. The predicted octanol–water partition coefficient (Wildman–Crippen LogP) is 3.00. The average Bonchev–Trinajstić information content (AvgIpc) is 3.05. The second-order valence-corrected chi connectivity index (χ2v) is 5.83. The van der Waals surface area contributed by atoms with Gasteiger partial charge in [-0.3, -0.25) is 9.36 Å². The van der Waals surface area contributed by atoms with Crippen LogP contribution >= 0.6 is 0 Å². The number of imidazole rings is 1. The molecule has 0 fully saturated rings. The zero-order valence-electron chi connectivity index (χ0n) is 13.3. The van der Waals surface area contributed by atoms with E-state index in [1.807, 2.05) is 60.0 Å². The third-order valence-corrected chi connectivity index (χ3v) is 4.14. The highest BCUT2D eigenvalue weighted by atomic mass is 16.5. The Morgan fingerprint density at radius 2 is 2.00 bits per heavy atom. The molecule has 24 heavy (non-hydrogen) atoms. The van der Waals surface area contributed by atoms with Crippen molar-refractivity contribution in [2.45, 2.75) is 20.1 Å². The van der Waals surface area contributed by atoms with E-state index in [9.17, 15) is 4.79 Å². The van der Waals surface area contributed by atoms with Gasteiger partial charge >= 0.3 is 0 Å². The predicted molar refractivity (Wildman–Crippen MR) is 90.2 cm³/mol. The van der Waals surface area contributed by atoms with Crippen molar-refractivity contribution in [1.29, 1.82) is 0 Å². The van der Waals surface area contributed by atoms with Crippen LogP contribution in [0.15, 0.2) is 54.9 Å². The van der Waals surface area contributed by atoms with E-state index < -0.39 is 0 Å². The monoisotopic (exact) mass is 319 g/mol. The third-order valence-electron chi connectivity index (χ3n) is 4.14. The number of nitrogens with one attached hydrogen (secondary N) is 1. The lowest BCUT2D eigenvalue weighted by molar-refractivity contribution is 0.0943. The summed E-state index contributed by atoms with van der Waals surface area (Å²) < 4.78 is 7.65. The van der Waals surface area contributed by atoms with E-state index in [0.29, 0.717) is 18.8 Å². The Hall–Kier alpha value is -3.08. The Balaban J connectivity index is 1.55. The number of fused-ring (bicyclic) bond motifs is 3. The van der Waals surface area contributed by atoms with Crippen molar-refractivity contribution in [1.82, 2.24) is 14.9 Å². The Morgan fingerprint density at radius 1 is 1.21 bits per heavy atom. The molecule has 0 unspecified atom stereocenters. The van der Waals surface area contributed by atoms with Crippen molar-refractivity contribution in [2.75, 3.05) is 0 Å². The summed E-state index contributed by atoms with van der Waals surface area (Å²) in [5.74, 6) is 0.612. The summed E-state index contributed by atoms with van der Waals surface area (Å²) in [6.45, 7) is 2.85. The minimum Gasteiger partial charge on any atom is -0.485 e. The Labute approximate surface area is 139 Å². The maximum atomic E-state index is 12.5. The maximum Gasteiger partial charge on any atom is 0.272 e. The van der Waals surface area contributed by atoms with Crippen LogP contribution in [0.1, 0.15) is 27.3 Å². The Bertz CT molecular complexity index is 897. The topological polar surface area (TPSA) is 56.2 Å². The number of ether oxygens (including phenoxy) is 1. The fourth-order valence-electron chi connectivity index (χ4n) is 2.81. The molecule has 5 heteroatoms. The van der Waals surface area contributed by atoms with Gasteiger partial charge in [-0.1, -0.05) is 42.0 Å². The molecular weight excluding hydrogens is 302 g/mol. The van der Waals surface area contributed by atoms with Gasteiger partial charge in [-0.25, -0.2) is 4.98 Å². The third kappa shape index (κ3) is 2.54. The molecule has 0 radical (unpaired) electrons. The number of hydrogen-bond acceptors (Lipinski definition) is 3. The first-order valence-electron chi connectivity index (χ1n) is 7.84. The van der Waals surface area contributed by atoms with Gasteiger partial charge in [0, 0.05) is 6.54 Å². The van der Waals surface area contributed by atoms with Crippen molar-refractivity contribution in [3.05, 3.63) is 77.4 Å². The second-order valence-electron chi connectivity index (χ2n) is 5.83. The van der Waals surface area contributed by atoms with E-state index in [1.165, 1.54) is 5.56 Å². The van der Waals surface area contributed by atoms with Crippen molar-refractivity contribution in [2.24, 2.45) is 0 Å². The van der Waals surface area contributed by atoms with E-state index in [0.717, 1.165) is 22.7 Å². The van der Waals surface area contributed by atoms with Gasteiger partial charge in [0.1, 0.15) is 18.7 Å². The van der Waals surface area contributed by atoms with Crippen LogP contribution in [-0.4, -0.2) is 15.5 Å². The number of aromatic nitrogens is 2. The van der Waals surface area contributed by atoms with Gasteiger partial charge in [0.2, 0.25) is 0 Å². The van der Waals surface area contributed by atoms with Crippen LogP contribution in [-0.2, 0) is 13.2 Å². The molecule has 0 aliphatic carbocycles. The lowest BCUT2D eigenvalue weighted by Crippen LogP contribution is -2.25. The van der Waals surface area contributed by atoms with Crippen LogP contribution in [0.4, 0.5) is 0 Å². The molecule has 0 bridgehead atoms. The summed E-state index contributed by atoms with van der Waals surface area (Å²) in [6.07, 6.45) is 1.68. The highest BCUT2D eigenvalue weighted by Gasteiger charge is 2.24. The van der Waals surface area contributed by atoms with Gasteiger partial charge in [-0.05, 0) is 24.6 Å². The zero-order valence-corrected chi connectivity index (χ0v) is 13.3. The summed E-state index contributed by atoms with van der Waals surface area (Å²) in [5.41, 5.74) is 4.35. The second kappa shape index (κ2) is 5.85. The minimum atomic E-state index is -0.188. The van der Waals surface area contributed by atoms with Crippen LogP contribution < -0.4 is 10.1 Å².